The number of fused-ring (bicyclic) bond motifs is 1. The fourth-order valence-electron chi connectivity index (χ4n) is 3.77. The Morgan fingerprint density at radius 2 is 1.67 bits per heavy atom. The van der Waals surface area contributed by atoms with Gasteiger partial charge in [0.1, 0.15) is 12.2 Å². The third-order valence-corrected chi connectivity index (χ3v) is 5.23. The zero-order valence-electron chi connectivity index (χ0n) is 15.7. The van der Waals surface area contributed by atoms with Crippen LogP contribution in [0.25, 0.3) is 0 Å². The maximum Gasteiger partial charge on any atom is 0.184 e. The van der Waals surface area contributed by atoms with Crippen LogP contribution in [0.4, 0.5) is 0 Å². The van der Waals surface area contributed by atoms with Crippen LogP contribution in [0.3, 0.4) is 0 Å². The predicted octanol–water partition coefficient (Wildman–Crippen LogP) is 3.69. The van der Waals surface area contributed by atoms with Gasteiger partial charge in [0.05, 0.1) is 19.3 Å². The second-order valence-electron chi connectivity index (χ2n) is 7.08. The Morgan fingerprint density at radius 3 is 2.37 bits per heavy atom. The Bertz CT molecular complexity index is 707. The van der Waals surface area contributed by atoms with Crippen LogP contribution in [0.1, 0.15) is 24.3 Å². The van der Waals surface area contributed by atoms with Gasteiger partial charge in [0.15, 0.2) is 12.6 Å². The Hall–Kier alpha value is -1.76. The fraction of sp³-hybridized carbons (Fsp3) is 0.455. The van der Waals surface area contributed by atoms with Crippen LogP contribution in [0.5, 0.6) is 0 Å². The van der Waals surface area contributed by atoms with Crippen molar-refractivity contribution in [2.75, 3.05) is 13.7 Å². The zero-order valence-corrected chi connectivity index (χ0v) is 15.7. The van der Waals surface area contributed by atoms with Crippen molar-refractivity contribution in [2.24, 2.45) is 5.92 Å². The number of hydrogen-bond donors (Lipinski definition) is 0. The van der Waals surface area contributed by atoms with Gasteiger partial charge in [-0.25, -0.2) is 0 Å². The van der Waals surface area contributed by atoms with E-state index in [1.807, 2.05) is 48.5 Å². The lowest BCUT2D eigenvalue weighted by Gasteiger charge is -2.48. The molecule has 2 fully saturated rings. The first-order chi connectivity index (χ1) is 13.3. The first-order valence-corrected chi connectivity index (χ1v) is 9.42. The Morgan fingerprint density at radius 1 is 0.963 bits per heavy atom. The summed E-state index contributed by atoms with van der Waals surface area (Å²) in [6.45, 7) is 3.05. The maximum absolute atomic E-state index is 6.33. The molecule has 4 unspecified atom stereocenters. The first kappa shape index (κ1) is 18.6. The molecule has 27 heavy (non-hydrogen) atoms. The van der Waals surface area contributed by atoms with E-state index in [2.05, 4.69) is 19.1 Å². The first-order valence-electron chi connectivity index (χ1n) is 9.42. The van der Waals surface area contributed by atoms with Crippen LogP contribution >= 0.6 is 0 Å². The van der Waals surface area contributed by atoms with E-state index in [4.69, 9.17) is 23.7 Å². The van der Waals surface area contributed by atoms with Crippen LogP contribution in [-0.2, 0) is 30.3 Å². The summed E-state index contributed by atoms with van der Waals surface area (Å²) < 4.78 is 30.2. The molecule has 4 rings (SSSR count). The Labute approximate surface area is 160 Å². The van der Waals surface area contributed by atoms with Crippen molar-refractivity contribution in [2.45, 2.75) is 44.4 Å². The molecule has 0 amide bonds. The molecule has 6 atom stereocenters. The largest absolute Gasteiger partial charge is 0.370 e. The standard InChI is InChI=1S/C22H26O5/c1-15-19(24-13-16-9-5-3-6-10-16)20-18(26-21(15)23-2)14-25-22(27-20)17-11-7-4-8-12-17/h3-12,15,18-22H,13-14H2,1-2H3/t15?,18?,19?,20-,21+,22?/m1/s1. The minimum atomic E-state index is -0.412. The third kappa shape index (κ3) is 4.08. The van der Waals surface area contributed by atoms with E-state index in [1.165, 1.54) is 0 Å². The lowest BCUT2D eigenvalue weighted by molar-refractivity contribution is -0.354. The van der Waals surface area contributed by atoms with Gasteiger partial charge in [-0.05, 0) is 5.56 Å². The van der Waals surface area contributed by atoms with Gasteiger partial charge in [0.2, 0.25) is 0 Å². The van der Waals surface area contributed by atoms with E-state index in [0.29, 0.717) is 13.2 Å². The van der Waals surface area contributed by atoms with Gasteiger partial charge < -0.3 is 23.7 Å². The topological polar surface area (TPSA) is 46.2 Å². The number of benzene rings is 2. The van der Waals surface area contributed by atoms with Gasteiger partial charge in [-0.15, -0.1) is 0 Å². The molecule has 0 N–H and O–H groups in total. The van der Waals surface area contributed by atoms with Crippen molar-refractivity contribution in [1.29, 1.82) is 0 Å². The molecule has 0 bridgehead atoms. The summed E-state index contributed by atoms with van der Waals surface area (Å²) in [6, 6.07) is 20.1. The van der Waals surface area contributed by atoms with Gasteiger partial charge in [-0.2, -0.15) is 0 Å². The normalized spacial score (nSPS) is 33.4. The number of hydrogen-bond acceptors (Lipinski definition) is 5. The fourth-order valence-corrected chi connectivity index (χ4v) is 3.77. The smallest absolute Gasteiger partial charge is 0.184 e. The highest BCUT2D eigenvalue weighted by atomic mass is 16.7. The molecule has 2 heterocycles. The molecule has 2 aliphatic rings. The molecule has 0 aliphatic carbocycles. The molecule has 5 heteroatoms. The van der Waals surface area contributed by atoms with E-state index in [0.717, 1.165) is 11.1 Å². The highest BCUT2D eigenvalue weighted by molar-refractivity contribution is 5.17. The molecule has 2 aromatic carbocycles. The molecule has 0 radical (unpaired) electrons. The summed E-state index contributed by atoms with van der Waals surface area (Å²) in [5, 5.41) is 0. The molecule has 0 saturated carbocycles. The van der Waals surface area contributed by atoms with Gasteiger partial charge >= 0.3 is 0 Å². The summed E-state index contributed by atoms with van der Waals surface area (Å²) in [4.78, 5) is 0. The molecule has 2 saturated heterocycles. The van der Waals surface area contributed by atoms with Gasteiger partial charge in [0, 0.05) is 18.6 Å². The van der Waals surface area contributed by atoms with Crippen molar-refractivity contribution in [3.8, 4) is 0 Å². The maximum atomic E-state index is 6.33. The average Bonchev–Trinajstić information content (AvgIpc) is 2.74. The summed E-state index contributed by atoms with van der Waals surface area (Å²) in [7, 11) is 1.66. The lowest BCUT2D eigenvalue weighted by Crippen LogP contribution is -2.59. The van der Waals surface area contributed by atoms with E-state index in [9.17, 15) is 0 Å². The molecule has 2 aromatic rings. The minimum Gasteiger partial charge on any atom is -0.370 e. The molecule has 2 aliphatic heterocycles. The van der Waals surface area contributed by atoms with Crippen LogP contribution in [-0.4, -0.2) is 38.3 Å². The SMILES string of the molecule is CO[C@H]1OC2COC(c3ccccc3)O[C@H]2C(OCc2ccccc2)C1C. The highest BCUT2D eigenvalue weighted by Gasteiger charge is 2.49. The highest BCUT2D eigenvalue weighted by Crippen LogP contribution is 2.37. The molecular formula is C22H26O5. The molecule has 0 spiro atoms. The van der Waals surface area contributed by atoms with E-state index in [1.54, 1.807) is 7.11 Å². The average molecular weight is 370 g/mol. The minimum absolute atomic E-state index is 0.0366. The van der Waals surface area contributed by atoms with Crippen LogP contribution < -0.4 is 0 Å². The van der Waals surface area contributed by atoms with Crippen molar-refractivity contribution >= 4 is 0 Å². The van der Waals surface area contributed by atoms with Crippen LogP contribution in [0.15, 0.2) is 60.7 Å². The van der Waals surface area contributed by atoms with Crippen LogP contribution in [0.2, 0.25) is 0 Å². The third-order valence-electron chi connectivity index (χ3n) is 5.23. The molecule has 144 valence electrons. The molecular weight excluding hydrogens is 344 g/mol. The van der Waals surface area contributed by atoms with Gasteiger partial charge in [-0.1, -0.05) is 67.6 Å². The predicted molar refractivity (Wildman–Crippen MR) is 99.9 cm³/mol. The zero-order chi connectivity index (χ0) is 18.6. The second-order valence-corrected chi connectivity index (χ2v) is 7.08. The van der Waals surface area contributed by atoms with Crippen LogP contribution in [0, 0.1) is 5.92 Å². The van der Waals surface area contributed by atoms with E-state index >= 15 is 0 Å². The van der Waals surface area contributed by atoms with Gasteiger partial charge in [0.25, 0.3) is 0 Å². The van der Waals surface area contributed by atoms with Gasteiger partial charge in [-0.3, -0.25) is 0 Å². The summed E-state index contributed by atoms with van der Waals surface area (Å²) in [5.74, 6) is 0.0366. The number of ether oxygens (including phenoxy) is 5. The lowest BCUT2D eigenvalue weighted by atomic mass is 9.91. The second kappa shape index (κ2) is 8.50. The Kier molecular flexibility index (Phi) is 5.86. The van der Waals surface area contributed by atoms with E-state index in [-0.39, 0.29) is 30.5 Å². The monoisotopic (exact) mass is 370 g/mol. The summed E-state index contributed by atoms with van der Waals surface area (Å²) in [5.41, 5.74) is 2.13. The summed E-state index contributed by atoms with van der Waals surface area (Å²) in [6.07, 6.45) is -1.33. The van der Waals surface area contributed by atoms with Crippen molar-refractivity contribution in [3.05, 3.63) is 71.8 Å². The van der Waals surface area contributed by atoms with Crippen molar-refractivity contribution < 1.29 is 23.7 Å². The Balaban J connectivity index is 1.51. The number of methoxy groups -OCH3 is 1. The van der Waals surface area contributed by atoms with Crippen molar-refractivity contribution in [3.63, 3.8) is 0 Å². The molecule has 5 nitrogen and oxygen atoms in total. The summed E-state index contributed by atoms with van der Waals surface area (Å²) >= 11 is 0. The molecule has 0 aromatic heterocycles. The quantitative estimate of drug-likeness (QED) is 0.803. The van der Waals surface area contributed by atoms with E-state index < -0.39 is 6.29 Å². The van der Waals surface area contributed by atoms with Crippen molar-refractivity contribution in [1.82, 2.24) is 0 Å². The number of rotatable bonds is 5.